The number of fused-ring (bicyclic) bond motifs is 3. The predicted molar refractivity (Wildman–Crippen MR) is 88.6 cm³/mol. The molecule has 0 saturated carbocycles. The summed E-state index contributed by atoms with van der Waals surface area (Å²) in [4.78, 5) is 15.0. The number of nitrogens with zero attached hydrogens (tertiary/aromatic N) is 3. The third-order valence-corrected chi connectivity index (χ3v) is 5.60. The van der Waals surface area contributed by atoms with E-state index in [0.29, 0.717) is 6.54 Å². The topological polar surface area (TPSA) is 47.8 Å². The van der Waals surface area contributed by atoms with Crippen LogP contribution in [0, 0.1) is 6.92 Å². The van der Waals surface area contributed by atoms with Gasteiger partial charge >= 0.3 is 0 Å². The van der Waals surface area contributed by atoms with Gasteiger partial charge in [-0.05, 0) is 49.3 Å². The van der Waals surface area contributed by atoms with Crippen LogP contribution in [0.15, 0.2) is 29.1 Å². The van der Waals surface area contributed by atoms with Crippen molar-refractivity contribution in [3.8, 4) is 0 Å². The van der Waals surface area contributed by atoms with E-state index in [0.717, 1.165) is 28.6 Å². The first-order chi connectivity index (χ1) is 10.7. The van der Waals surface area contributed by atoms with E-state index in [-0.39, 0.29) is 5.56 Å². The highest BCUT2D eigenvalue weighted by Crippen LogP contribution is 2.33. The van der Waals surface area contributed by atoms with Crippen LogP contribution >= 0.6 is 11.3 Å². The first kappa shape index (κ1) is 13.6. The van der Waals surface area contributed by atoms with Crippen molar-refractivity contribution in [1.29, 1.82) is 0 Å². The number of hydrogen-bond donors (Lipinski definition) is 0. The van der Waals surface area contributed by atoms with Gasteiger partial charge in [0.05, 0.1) is 11.9 Å². The fourth-order valence-corrected chi connectivity index (χ4v) is 4.36. The molecular weight excluding hydrogens is 294 g/mol. The van der Waals surface area contributed by atoms with Gasteiger partial charge in [0.1, 0.15) is 0 Å². The lowest BCUT2D eigenvalue weighted by Gasteiger charge is -2.10. The first-order valence-corrected chi connectivity index (χ1v) is 8.48. The van der Waals surface area contributed by atoms with Gasteiger partial charge in [-0.3, -0.25) is 4.79 Å². The lowest BCUT2D eigenvalue weighted by molar-refractivity contribution is 0.599. The minimum Gasteiger partial charge on any atom is -0.267 e. The summed E-state index contributed by atoms with van der Waals surface area (Å²) >= 11 is 1.65. The summed E-state index contributed by atoms with van der Waals surface area (Å²) in [7, 11) is 0. The number of thiophene rings is 1. The number of hydrogen-bond acceptors (Lipinski definition) is 4. The zero-order valence-corrected chi connectivity index (χ0v) is 13.3. The highest BCUT2D eigenvalue weighted by molar-refractivity contribution is 7.18. The van der Waals surface area contributed by atoms with Crippen LogP contribution in [-0.2, 0) is 19.4 Å². The van der Waals surface area contributed by atoms with E-state index < -0.39 is 0 Å². The van der Waals surface area contributed by atoms with E-state index in [1.165, 1.54) is 33.5 Å². The fraction of sp³-hybridized carbons (Fsp3) is 0.353. The minimum atomic E-state index is 0.00709. The Morgan fingerprint density at radius 2 is 2.05 bits per heavy atom. The summed E-state index contributed by atoms with van der Waals surface area (Å²) in [6.07, 6.45) is 4.46. The molecule has 0 saturated heterocycles. The molecule has 4 nitrogen and oxygen atoms in total. The van der Waals surface area contributed by atoms with Gasteiger partial charge in [0, 0.05) is 4.88 Å². The average Bonchev–Trinajstić information content (AvgIpc) is 2.91. The van der Waals surface area contributed by atoms with Crippen LogP contribution < -0.4 is 5.56 Å². The monoisotopic (exact) mass is 311 g/mol. The molecule has 4 rings (SSSR count). The maximum absolute atomic E-state index is 12.8. The SMILES string of the molecule is Cc1ccccc1Cn1nnc2sc3c(c2c1=O)CCCC3. The van der Waals surface area contributed by atoms with Crippen LogP contribution in [0.5, 0.6) is 0 Å². The Morgan fingerprint density at radius 1 is 1.23 bits per heavy atom. The summed E-state index contributed by atoms with van der Waals surface area (Å²) in [6.45, 7) is 2.54. The van der Waals surface area contributed by atoms with Crippen molar-refractivity contribution in [2.24, 2.45) is 0 Å². The van der Waals surface area contributed by atoms with Crippen molar-refractivity contribution in [3.05, 3.63) is 56.2 Å². The smallest absolute Gasteiger partial charge is 0.267 e. The third-order valence-electron chi connectivity index (χ3n) is 4.43. The van der Waals surface area contributed by atoms with Crippen molar-refractivity contribution in [2.45, 2.75) is 39.2 Å². The van der Waals surface area contributed by atoms with E-state index in [4.69, 9.17) is 0 Å². The van der Waals surface area contributed by atoms with Crippen LogP contribution in [0.2, 0.25) is 0 Å². The Morgan fingerprint density at radius 3 is 2.91 bits per heavy atom. The van der Waals surface area contributed by atoms with E-state index in [9.17, 15) is 4.79 Å². The molecule has 2 aromatic heterocycles. The highest BCUT2D eigenvalue weighted by Gasteiger charge is 2.20. The van der Waals surface area contributed by atoms with Gasteiger partial charge in [0.2, 0.25) is 0 Å². The van der Waals surface area contributed by atoms with Gasteiger partial charge in [0.25, 0.3) is 5.56 Å². The van der Waals surface area contributed by atoms with Gasteiger partial charge in [0.15, 0.2) is 4.83 Å². The molecule has 0 fully saturated rings. The van der Waals surface area contributed by atoms with E-state index >= 15 is 0 Å². The summed E-state index contributed by atoms with van der Waals surface area (Å²) in [5.74, 6) is 0. The lowest BCUT2D eigenvalue weighted by atomic mass is 9.97. The second-order valence-electron chi connectivity index (χ2n) is 5.87. The van der Waals surface area contributed by atoms with Crippen LogP contribution in [0.3, 0.4) is 0 Å². The molecular formula is C17H17N3OS. The average molecular weight is 311 g/mol. The van der Waals surface area contributed by atoms with Gasteiger partial charge in [-0.15, -0.1) is 16.4 Å². The molecule has 0 unspecified atom stereocenters. The molecule has 1 aliphatic rings. The fourth-order valence-electron chi connectivity index (χ4n) is 3.16. The summed E-state index contributed by atoms with van der Waals surface area (Å²) < 4.78 is 1.51. The number of rotatable bonds is 2. The molecule has 2 heterocycles. The van der Waals surface area contributed by atoms with Crippen molar-refractivity contribution in [2.75, 3.05) is 0 Å². The Hall–Kier alpha value is -2.01. The summed E-state index contributed by atoms with van der Waals surface area (Å²) in [5.41, 5.74) is 3.52. The Kier molecular flexibility index (Phi) is 3.30. The van der Waals surface area contributed by atoms with Gasteiger partial charge in [-0.2, -0.15) is 0 Å². The second kappa shape index (κ2) is 5.32. The van der Waals surface area contributed by atoms with Crippen LogP contribution in [0.1, 0.15) is 34.4 Å². The normalized spacial score (nSPS) is 14.2. The maximum Gasteiger partial charge on any atom is 0.279 e. The molecule has 0 bridgehead atoms. The van der Waals surface area contributed by atoms with Crippen LogP contribution in [0.4, 0.5) is 0 Å². The van der Waals surface area contributed by atoms with E-state index in [1.54, 1.807) is 11.3 Å². The quantitative estimate of drug-likeness (QED) is 0.730. The third kappa shape index (κ3) is 2.16. The number of benzene rings is 1. The molecule has 5 heteroatoms. The lowest BCUT2D eigenvalue weighted by Crippen LogP contribution is -2.25. The van der Waals surface area contributed by atoms with Crippen LogP contribution in [-0.4, -0.2) is 15.0 Å². The molecule has 22 heavy (non-hydrogen) atoms. The van der Waals surface area contributed by atoms with E-state index in [1.807, 2.05) is 18.2 Å². The predicted octanol–water partition coefficient (Wildman–Crippen LogP) is 3.09. The van der Waals surface area contributed by atoms with Gasteiger partial charge in [-0.25, -0.2) is 4.68 Å². The Labute approximate surface area is 132 Å². The summed E-state index contributed by atoms with van der Waals surface area (Å²) in [6, 6.07) is 8.09. The molecule has 0 N–H and O–H groups in total. The largest absolute Gasteiger partial charge is 0.279 e. The first-order valence-electron chi connectivity index (χ1n) is 7.66. The maximum atomic E-state index is 12.8. The van der Waals surface area contributed by atoms with Gasteiger partial charge < -0.3 is 0 Å². The molecule has 3 aromatic rings. The number of aryl methyl sites for hydroxylation is 3. The second-order valence-corrected chi connectivity index (χ2v) is 6.95. The molecule has 0 radical (unpaired) electrons. The molecule has 0 spiro atoms. The minimum absolute atomic E-state index is 0.00709. The molecule has 0 amide bonds. The van der Waals surface area contributed by atoms with Crippen molar-refractivity contribution < 1.29 is 0 Å². The zero-order valence-electron chi connectivity index (χ0n) is 12.5. The summed E-state index contributed by atoms with van der Waals surface area (Å²) in [5, 5.41) is 9.26. The molecule has 1 aromatic carbocycles. The van der Waals surface area contributed by atoms with E-state index in [2.05, 4.69) is 23.3 Å². The van der Waals surface area contributed by atoms with Crippen molar-refractivity contribution >= 4 is 21.6 Å². The Balaban J connectivity index is 1.84. The molecule has 0 atom stereocenters. The zero-order chi connectivity index (χ0) is 15.1. The standard InChI is InChI=1S/C17H17N3OS/c1-11-6-2-3-7-12(11)10-20-17(21)15-13-8-4-5-9-14(13)22-16(15)18-19-20/h2-3,6-7H,4-5,8-10H2,1H3. The molecule has 112 valence electrons. The molecule has 0 aliphatic heterocycles. The molecule has 1 aliphatic carbocycles. The van der Waals surface area contributed by atoms with Gasteiger partial charge in [-0.1, -0.05) is 29.5 Å². The van der Waals surface area contributed by atoms with Crippen molar-refractivity contribution in [3.63, 3.8) is 0 Å². The number of aromatic nitrogens is 3. The Bertz CT molecular complexity index is 910. The van der Waals surface area contributed by atoms with Crippen LogP contribution in [0.25, 0.3) is 10.2 Å². The highest BCUT2D eigenvalue weighted by atomic mass is 32.1. The van der Waals surface area contributed by atoms with Crippen molar-refractivity contribution in [1.82, 2.24) is 15.0 Å².